The number of amides is 2. The van der Waals surface area contributed by atoms with Gasteiger partial charge in [0.15, 0.2) is 0 Å². The van der Waals surface area contributed by atoms with Crippen LogP contribution in [0.25, 0.3) is 0 Å². The molecule has 0 aliphatic rings. The number of benzene rings is 2. The van der Waals surface area contributed by atoms with E-state index in [-0.39, 0.29) is 48.8 Å². The maximum absolute atomic E-state index is 13.4. The third kappa shape index (κ3) is 8.79. The molecule has 2 aromatic rings. The summed E-state index contributed by atoms with van der Waals surface area (Å²) in [6.45, 7) is 5.74. The molecule has 0 heterocycles. The van der Waals surface area contributed by atoms with Gasteiger partial charge < -0.3 is 15.0 Å². The number of carbonyl (C=O) groups excluding carboxylic acids is 2. The molecule has 2 amide bonds. The van der Waals surface area contributed by atoms with E-state index < -0.39 is 16.1 Å². The van der Waals surface area contributed by atoms with E-state index in [1.807, 2.05) is 19.9 Å². The monoisotopic (exact) mass is 571 g/mol. The van der Waals surface area contributed by atoms with Crippen molar-refractivity contribution in [1.82, 2.24) is 10.2 Å². The van der Waals surface area contributed by atoms with Gasteiger partial charge in [-0.25, -0.2) is 8.42 Å². The van der Waals surface area contributed by atoms with E-state index in [0.29, 0.717) is 22.0 Å². The average molecular weight is 573 g/mol. The summed E-state index contributed by atoms with van der Waals surface area (Å²) in [5.41, 5.74) is 1.08. The molecule has 0 fully saturated rings. The van der Waals surface area contributed by atoms with Gasteiger partial charge in [-0.3, -0.25) is 13.9 Å². The van der Waals surface area contributed by atoms with E-state index in [2.05, 4.69) is 5.32 Å². The Morgan fingerprint density at radius 2 is 1.76 bits per heavy atom. The number of hydrogen-bond donors (Lipinski definition) is 1. The van der Waals surface area contributed by atoms with Crippen LogP contribution in [-0.4, -0.2) is 57.1 Å². The topological polar surface area (TPSA) is 96.0 Å². The molecule has 0 saturated carbocycles. The number of carbonyl (C=O) groups is 2. The second-order valence-electron chi connectivity index (χ2n) is 8.86. The summed E-state index contributed by atoms with van der Waals surface area (Å²) in [5.74, 6) is -0.123. The molecule has 0 aliphatic heterocycles. The molecule has 0 saturated heterocycles. The second kappa shape index (κ2) is 13.9. The maximum Gasteiger partial charge on any atom is 0.242 e. The fourth-order valence-electron chi connectivity index (χ4n) is 3.67. The fourth-order valence-corrected chi connectivity index (χ4v) is 5.08. The SMILES string of the molecule is CC[C@H](C)NC(=O)[C@@H](C)N(Cc1ccccc1Cl)C(=O)CCCN(c1ccc(OC)c(Cl)c1)S(C)(=O)=O. The Morgan fingerprint density at radius 1 is 1.08 bits per heavy atom. The average Bonchev–Trinajstić information content (AvgIpc) is 2.84. The van der Waals surface area contributed by atoms with Gasteiger partial charge in [-0.05, 0) is 56.5 Å². The number of hydrogen-bond acceptors (Lipinski definition) is 5. The molecule has 0 bridgehead atoms. The quantitative estimate of drug-likeness (QED) is 0.369. The number of sulfonamides is 1. The van der Waals surface area contributed by atoms with Gasteiger partial charge in [-0.2, -0.15) is 0 Å². The van der Waals surface area contributed by atoms with Crippen molar-refractivity contribution in [2.45, 2.75) is 58.7 Å². The van der Waals surface area contributed by atoms with Crippen molar-refractivity contribution in [3.05, 3.63) is 58.1 Å². The third-order valence-corrected chi connectivity index (χ3v) is 7.90. The maximum atomic E-state index is 13.4. The summed E-state index contributed by atoms with van der Waals surface area (Å²) in [6, 6.07) is 11.1. The van der Waals surface area contributed by atoms with Crippen molar-refractivity contribution in [2.24, 2.45) is 0 Å². The van der Waals surface area contributed by atoms with Gasteiger partial charge in [-0.1, -0.05) is 48.3 Å². The van der Waals surface area contributed by atoms with Gasteiger partial charge in [0.2, 0.25) is 21.8 Å². The Balaban J connectivity index is 2.21. The number of anilines is 1. The zero-order valence-electron chi connectivity index (χ0n) is 21.8. The van der Waals surface area contributed by atoms with Crippen molar-refractivity contribution in [3.63, 3.8) is 0 Å². The first-order chi connectivity index (χ1) is 17.4. The lowest BCUT2D eigenvalue weighted by atomic mass is 10.1. The number of rotatable bonds is 13. The normalized spacial score (nSPS) is 12.9. The van der Waals surface area contributed by atoms with Gasteiger partial charge >= 0.3 is 0 Å². The molecule has 2 atom stereocenters. The zero-order valence-corrected chi connectivity index (χ0v) is 24.2. The third-order valence-electron chi connectivity index (χ3n) is 6.04. The number of halogens is 2. The summed E-state index contributed by atoms with van der Waals surface area (Å²) in [6.07, 6.45) is 2.11. The largest absolute Gasteiger partial charge is 0.495 e. The highest BCUT2D eigenvalue weighted by Crippen LogP contribution is 2.30. The molecular formula is C26H35Cl2N3O5S. The standard InChI is InChI=1S/C26H35Cl2N3O5S/c1-6-18(2)29-26(33)19(3)30(17-20-10-7-8-11-22(20)27)25(32)12-9-15-31(37(5,34)35)21-13-14-24(36-4)23(28)16-21/h7-8,10-11,13-14,16,18-19H,6,9,12,15,17H2,1-5H3,(H,29,33)/t18-,19+/m0/s1. The van der Waals surface area contributed by atoms with Crippen LogP contribution in [0.3, 0.4) is 0 Å². The van der Waals surface area contributed by atoms with Gasteiger partial charge in [0.05, 0.1) is 24.1 Å². The minimum absolute atomic E-state index is 0.0291. The van der Waals surface area contributed by atoms with Crippen LogP contribution in [0.5, 0.6) is 5.75 Å². The van der Waals surface area contributed by atoms with Crippen molar-refractivity contribution in [1.29, 1.82) is 0 Å². The molecule has 204 valence electrons. The minimum Gasteiger partial charge on any atom is -0.495 e. The molecule has 0 spiro atoms. The van der Waals surface area contributed by atoms with Crippen LogP contribution in [0, 0.1) is 0 Å². The number of methoxy groups -OCH3 is 1. The summed E-state index contributed by atoms with van der Waals surface area (Å²) in [7, 11) is -2.17. The Morgan fingerprint density at radius 3 is 2.32 bits per heavy atom. The second-order valence-corrected chi connectivity index (χ2v) is 11.6. The van der Waals surface area contributed by atoms with Crippen LogP contribution in [0.15, 0.2) is 42.5 Å². The molecule has 37 heavy (non-hydrogen) atoms. The zero-order chi connectivity index (χ0) is 27.8. The predicted molar refractivity (Wildman–Crippen MR) is 149 cm³/mol. The van der Waals surface area contributed by atoms with Crippen LogP contribution in [0.4, 0.5) is 5.69 Å². The molecule has 0 aromatic heterocycles. The van der Waals surface area contributed by atoms with Gasteiger partial charge in [0.1, 0.15) is 11.8 Å². The van der Waals surface area contributed by atoms with Crippen molar-refractivity contribution in [3.8, 4) is 5.75 Å². The first-order valence-corrected chi connectivity index (χ1v) is 14.6. The molecular weight excluding hydrogens is 537 g/mol. The first kappa shape index (κ1) is 30.7. The van der Waals surface area contributed by atoms with E-state index in [4.69, 9.17) is 27.9 Å². The van der Waals surface area contributed by atoms with Crippen LogP contribution < -0.4 is 14.4 Å². The highest BCUT2D eigenvalue weighted by molar-refractivity contribution is 7.92. The molecule has 0 unspecified atom stereocenters. The predicted octanol–water partition coefficient (Wildman–Crippen LogP) is 4.88. The van der Waals surface area contributed by atoms with Crippen LogP contribution in [0.1, 0.15) is 45.6 Å². The van der Waals surface area contributed by atoms with Crippen LogP contribution in [-0.2, 0) is 26.2 Å². The fraction of sp³-hybridized carbons (Fsp3) is 0.462. The highest BCUT2D eigenvalue weighted by atomic mass is 35.5. The lowest BCUT2D eigenvalue weighted by molar-refractivity contribution is -0.140. The molecule has 0 radical (unpaired) electrons. The van der Waals surface area contributed by atoms with E-state index in [0.717, 1.165) is 12.7 Å². The summed E-state index contributed by atoms with van der Waals surface area (Å²) < 4.78 is 31.3. The van der Waals surface area contributed by atoms with E-state index in [9.17, 15) is 18.0 Å². The smallest absolute Gasteiger partial charge is 0.242 e. The van der Waals surface area contributed by atoms with Crippen molar-refractivity contribution in [2.75, 3.05) is 24.2 Å². The first-order valence-electron chi connectivity index (χ1n) is 12.0. The lowest BCUT2D eigenvalue weighted by Gasteiger charge is -2.30. The van der Waals surface area contributed by atoms with Gasteiger partial charge in [-0.15, -0.1) is 0 Å². The van der Waals surface area contributed by atoms with Crippen molar-refractivity contribution >= 4 is 50.7 Å². The molecule has 2 rings (SSSR count). The number of nitrogens with one attached hydrogen (secondary N) is 1. The number of nitrogens with zero attached hydrogens (tertiary/aromatic N) is 2. The minimum atomic E-state index is -3.65. The summed E-state index contributed by atoms with van der Waals surface area (Å²) in [4.78, 5) is 27.7. The Labute approximate surface area is 229 Å². The van der Waals surface area contributed by atoms with Gasteiger partial charge in [0.25, 0.3) is 0 Å². The highest BCUT2D eigenvalue weighted by Gasteiger charge is 2.28. The Hall–Kier alpha value is -2.49. The van der Waals surface area contributed by atoms with E-state index in [1.165, 1.54) is 22.4 Å². The molecule has 8 nitrogen and oxygen atoms in total. The summed E-state index contributed by atoms with van der Waals surface area (Å²) >= 11 is 12.5. The Bertz CT molecular complexity index is 1190. The van der Waals surface area contributed by atoms with E-state index in [1.54, 1.807) is 37.3 Å². The molecule has 0 aliphatic carbocycles. The van der Waals surface area contributed by atoms with Crippen LogP contribution >= 0.6 is 23.2 Å². The molecule has 1 N–H and O–H groups in total. The molecule has 11 heteroatoms. The van der Waals surface area contributed by atoms with Gasteiger partial charge in [0, 0.05) is 30.6 Å². The van der Waals surface area contributed by atoms with E-state index >= 15 is 0 Å². The van der Waals surface area contributed by atoms with Crippen molar-refractivity contribution < 1.29 is 22.7 Å². The van der Waals surface area contributed by atoms with Crippen LogP contribution in [0.2, 0.25) is 10.0 Å². The molecule has 2 aromatic carbocycles. The Kier molecular flexibility index (Phi) is 11.5. The lowest BCUT2D eigenvalue weighted by Crippen LogP contribution is -2.49. The number of ether oxygens (including phenoxy) is 1. The summed E-state index contributed by atoms with van der Waals surface area (Å²) in [5, 5.41) is 3.69.